The number of hydrogen-bond donors (Lipinski definition) is 2. The Balaban J connectivity index is 2.05. The van der Waals surface area contributed by atoms with E-state index in [0.29, 0.717) is 0 Å². The summed E-state index contributed by atoms with van der Waals surface area (Å²) in [6, 6.07) is 12.5. The van der Waals surface area contributed by atoms with Crippen LogP contribution in [0.1, 0.15) is 17.2 Å². The van der Waals surface area contributed by atoms with E-state index < -0.39 is 23.0 Å². The zero-order valence-corrected chi connectivity index (χ0v) is 12.4. The molecule has 1 unspecified atom stereocenters. The molecule has 0 aromatic heterocycles. The molecule has 0 aliphatic rings. The molecule has 0 spiro atoms. The standard InChI is InChI=1S/C16H14N2O6/c19-15(20)14(12-7-4-8-13(9-12)18(22)23)17-16(21)24-10-11-5-2-1-3-6-11/h1-9,14H,10H2,(H,17,21)(H,19,20). The number of aliphatic carboxylic acids is 1. The van der Waals surface area contributed by atoms with Gasteiger partial charge in [0.25, 0.3) is 5.69 Å². The van der Waals surface area contributed by atoms with E-state index in [4.69, 9.17) is 4.74 Å². The third kappa shape index (κ3) is 4.54. The highest BCUT2D eigenvalue weighted by Gasteiger charge is 2.24. The van der Waals surface area contributed by atoms with Crippen molar-refractivity contribution in [2.75, 3.05) is 0 Å². The van der Waals surface area contributed by atoms with Crippen LogP contribution < -0.4 is 5.32 Å². The summed E-state index contributed by atoms with van der Waals surface area (Å²) in [6.07, 6.45) is -0.933. The molecule has 2 N–H and O–H groups in total. The zero-order chi connectivity index (χ0) is 17.5. The van der Waals surface area contributed by atoms with Gasteiger partial charge < -0.3 is 15.2 Å². The van der Waals surface area contributed by atoms with E-state index in [0.717, 1.165) is 11.6 Å². The van der Waals surface area contributed by atoms with E-state index in [1.54, 1.807) is 24.3 Å². The highest BCUT2D eigenvalue weighted by atomic mass is 16.6. The topological polar surface area (TPSA) is 119 Å². The van der Waals surface area contributed by atoms with Crippen LogP contribution in [0.5, 0.6) is 0 Å². The molecule has 2 aromatic rings. The average Bonchev–Trinajstić information content (AvgIpc) is 2.58. The molecule has 0 saturated carbocycles. The molecular formula is C16H14N2O6. The van der Waals surface area contributed by atoms with Gasteiger partial charge in [0.2, 0.25) is 0 Å². The molecule has 2 aromatic carbocycles. The largest absolute Gasteiger partial charge is 0.479 e. The number of nitrogens with one attached hydrogen (secondary N) is 1. The van der Waals surface area contributed by atoms with E-state index in [1.807, 2.05) is 6.07 Å². The molecule has 2 rings (SSSR count). The number of carboxylic acids is 1. The minimum absolute atomic E-state index is 0.0199. The number of carbonyl (C=O) groups excluding carboxylic acids is 1. The van der Waals surface area contributed by atoms with Crippen molar-refractivity contribution >= 4 is 17.7 Å². The summed E-state index contributed by atoms with van der Waals surface area (Å²) >= 11 is 0. The van der Waals surface area contributed by atoms with Gasteiger partial charge in [0.1, 0.15) is 6.61 Å². The van der Waals surface area contributed by atoms with Crippen LogP contribution in [0.2, 0.25) is 0 Å². The van der Waals surface area contributed by atoms with Crippen LogP contribution in [0.3, 0.4) is 0 Å². The molecule has 0 aliphatic carbocycles. The number of nitrogens with zero attached hydrogens (tertiary/aromatic N) is 1. The summed E-state index contributed by atoms with van der Waals surface area (Å²) < 4.78 is 4.96. The molecule has 0 bridgehead atoms. The number of hydrogen-bond acceptors (Lipinski definition) is 5. The Hall–Kier alpha value is -3.42. The minimum atomic E-state index is -1.45. The van der Waals surface area contributed by atoms with Gasteiger partial charge in [0, 0.05) is 12.1 Å². The molecule has 8 nitrogen and oxygen atoms in total. The van der Waals surface area contributed by atoms with Crippen molar-refractivity contribution < 1.29 is 24.4 Å². The molecule has 24 heavy (non-hydrogen) atoms. The minimum Gasteiger partial charge on any atom is -0.479 e. The number of benzene rings is 2. The van der Waals surface area contributed by atoms with Gasteiger partial charge in [-0.25, -0.2) is 9.59 Å². The summed E-state index contributed by atoms with van der Waals surface area (Å²) in [4.78, 5) is 33.3. The number of carbonyl (C=O) groups is 2. The SMILES string of the molecule is O=C(NC(C(=O)O)c1cccc([N+](=O)[O-])c1)OCc1ccccc1. The molecule has 0 heterocycles. The van der Waals surface area contributed by atoms with Crippen LogP contribution in [0.15, 0.2) is 54.6 Å². The van der Waals surface area contributed by atoms with Crippen LogP contribution in [0, 0.1) is 10.1 Å². The summed E-state index contributed by atoms with van der Waals surface area (Å²) in [6.45, 7) is -0.0199. The van der Waals surface area contributed by atoms with Crippen LogP contribution >= 0.6 is 0 Å². The molecule has 0 aliphatic heterocycles. The van der Waals surface area contributed by atoms with Gasteiger partial charge in [0.05, 0.1) is 4.92 Å². The Bertz CT molecular complexity index is 747. The normalized spacial score (nSPS) is 11.3. The predicted octanol–water partition coefficient (Wildman–Crippen LogP) is 2.65. The summed E-state index contributed by atoms with van der Waals surface area (Å²) in [5.41, 5.74) is 0.557. The molecule has 0 radical (unpaired) electrons. The van der Waals surface area contributed by atoms with Gasteiger partial charge >= 0.3 is 12.1 Å². The monoisotopic (exact) mass is 330 g/mol. The molecule has 8 heteroatoms. The number of rotatable bonds is 6. The first-order chi connectivity index (χ1) is 11.5. The lowest BCUT2D eigenvalue weighted by Gasteiger charge is -2.15. The number of alkyl carbamates (subject to hydrolysis) is 1. The van der Waals surface area contributed by atoms with Crippen molar-refractivity contribution in [1.29, 1.82) is 0 Å². The van der Waals surface area contributed by atoms with Gasteiger partial charge in [-0.2, -0.15) is 0 Å². The summed E-state index contributed by atoms with van der Waals surface area (Å²) in [5.74, 6) is -1.35. The Kier molecular flexibility index (Phi) is 5.45. The fraction of sp³-hybridized carbons (Fsp3) is 0.125. The van der Waals surface area contributed by atoms with E-state index >= 15 is 0 Å². The Morgan fingerprint density at radius 2 is 1.88 bits per heavy atom. The van der Waals surface area contributed by atoms with Crippen LogP contribution in [0.25, 0.3) is 0 Å². The first-order valence-corrected chi connectivity index (χ1v) is 6.92. The van der Waals surface area contributed by atoms with E-state index in [9.17, 15) is 24.8 Å². The number of non-ortho nitro benzene ring substituents is 1. The molecule has 1 amide bonds. The highest BCUT2D eigenvalue weighted by Crippen LogP contribution is 2.20. The highest BCUT2D eigenvalue weighted by molar-refractivity contribution is 5.81. The first-order valence-electron chi connectivity index (χ1n) is 6.92. The van der Waals surface area contributed by atoms with Gasteiger partial charge in [-0.15, -0.1) is 0 Å². The zero-order valence-electron chi connectivity index (χ0n) is 12.4. The maximum absolute atomic E-state index is 11.8. The number of amides is 1. The lowest BCUT2D eigenvalue weighted by Crippen LogP contribution is -2.34. The maximum atomic E-state index is 11.8. The Labute approximate surface area is 136 Å². The van der Waals surface area contributed by atoms with Crippen molar-refractivity contribution in [1.82, 2.24) is 5.32 Å². The number of nitro groups is 1. The van der Waals surface area contributed by atoms with Gasteiger partial charge in [-0.3, -0.25) is 10.1 Å². The van der Waals surface area contributed by atoms with Gasteiger partial charge in [-0.05, 0) is 11.1 Å². The van der Waals surface area contributed by atoms with Crippen LogP contribution in [-0.4, -0.2) is 22.1 Å². The maximum Gasteiger partial charge on any atom is 0.408 e. The fourth-order valence-electron chi connectivity index (χ4n) is 1.99. The lowest BCUT2D eigenvalue weighted by atomic mass is 10.1. The van der Waals surface area contributed by atoms with Crippen molar-refractivity contribution in [2.45, 2.75) is 12.6 Å². The lowest BCUT2D eigenvalue weighted by molar-refractivity contribution is -0.384. The van der Waals surface area contributed by atoms with Crippen LogP contribution in [-0.2, 0) is 16.1 Å². The van der Waals surface area contributed by atoms with Crippen LogP contribution in [0.4, 0.5) is 10.5 Å². The Morgan fingerprint density at radius 1 is 1.17 bits per heavy atom. The molecule has 0 fully saturated rings. The van der Waals surface area contributed by atoms with E-state index in [1.165, 1.54) is 18.2 Å². The molecule has 0 saturated heterocycles. The van der Waals surface area contributed by atoms with E-state index in [2.05, 4.69) is 5.32 Å². The van der Waals surface area contributed by atoms with Crippen molar-refractivity contribution in [3.63, 3.8) is 0 Å². The number of ether oxygens (including phenoxy) is 1. The second kappa shape index (κ2) is 7.73. The Morgan fingerprint density at radius 3 is 2.50 bits per heavy atom. The summed E-state index contributed by atoms with van der Waals surface area (Å²) in [5, 5.41) is 22.2. The second-order valence-corrected chi connectivity index (χ2v) is 4.83. The number of carboxylic acid groups (broad SMARTS) is 1. The van der Waals surface area contributed by atoms with Crippen molar-refractivity contribution in [2.24, 2.45) is 0 Å². The van der Waals surface area contributed by atoms with Crippen molar-refractivity contribution in [3.05, 3.63) is 75.8 Å². The molecule has 124 valence electrons. The van der Waals surface area contributed by atoms with Gasteiger partial charge in [0.15, 0.2) is 6.04 Å². The predicted molar refractivity (Wildman–Crippen MR) is 83.2 cm³/mol. The average molecular weight is 330 g/mol. The summed E-state index contributed by atoms with van der Waals surface area (Å²) in [7, 11) is 0. The quantitative estimate of drug-likeness (QED) is 0.621. The molecule has 1 atom stereocenters. The third-order valence-corrected chi connectivity index (χ3v) is 3.14. The second-order valence-electron chi connectivity index (χ2n) is 4.83. The third-order valence-electron chi connectivity index (χ3n) is 3.14. The molecular weight excluding hydrogens is 316 g/mol. The fourth-order valence-corrected chi connectivity index (χ4v) is 1.99. The smallest absolute Gasteiger partial charge is 0.408 e. The van der Waals surface area contributed by atoms with E-state index in [-0.39, 0.29) is 17.9 Å². The first kappa shape index (κ1) is 16.9. The van der Waals surface area contributed by atoms with Gasteiger partial charge in [-0.1, -0.05) is 42.5 Å². The number of nitro benzene ring substituents is 1. The van der Waals surface area contributed by atoms with Crippen molar-refractivity contribution in [3.8, 4) is 0 Å².